The Kier molecular flexibility index (Phi) is 5.19. The summed E-state index contributed by atoms with van der Waals surface area (Å²) in [5.41, 5.74) is 3.48. The Bertz CT molecular complexity index is 1130. The number of aromatic nitrogens is 3. The zero-order valence-electron chi connectivity index (χ0n) is 17.3. The Balaban J connectivity index is 1.32. The first-order valence-electron chi connectivity index (χ1n) is 10.9. The van der Waals surface area contributed by atoms with Crippen LogP contribution in [0.1, 0.15) is 30.7 Å². The van der Waals surface area contributed by atoms with Gasteiger partial charge in [0, 0.05) is 25.4 Å². The summed E-state index contributed by atoms with van der Waals surface area (Å²) in [6.45, 7) is 1.58. The second-order valence-electron chi connectivity index (χ2n) is 8.60. The van der Waals surface area contributed by atoms with Gasteiger partial charge in [0.2, 0.25) is 5.91 Å². The first kappa shape index (κ1) is 19.8. The molecule has 31 heavy (non-hydrogen) atoms. The predicted molar refractivity (Wildman–Crippen MR) is 117 cm³/mol. The minimum atomic E-state index is -0.251. The molecule has 2 N–H and O–H groups in total. The zero-order valence-corrected chi connectivity index (χ0v) is 17.3. The molecule has 1 unspecified atom stereocenters. The summed E-state index contributed by atoms with van der Waals surface area (Å²) in [5, 5.41) is 16.1. The third-order valence-electron chi connectivity index (χ3n) is 6.33. The Morgan fingerprint density at radius 1 is 1.03 bits per heavy atom. The van der Waals surface area contributed by atoms with E-state index < -0.39 is 0 Å². The summed E-state index contributed by atoms with van der Waals surface area (Å²) >= 11 is 0. The van der Waals surface area contributed by atoms with Crippen molar-refractivity contribution in [3.05, 3.63) is 70.4 Å². The van der Waals surface area contributed by atoms with Gasteiger partial charge in [-0.2, -0.15) is 5.10 Å². The van der Waals surface area contributed by atoms with Crippen LogP contribution in [0.15, 0.2) is 53.3 Å². The number of benzene rings is 2. The molecule has 1 amide bonds. The Labute approximate surface area is 180 Å². The largest absolute Gasteiger partial charge is 0.392 e. The molecule has 160 valence electrons. The molecule has 1 aromatic heterocycles. The molecule has 1 saturated carbocycles. The zero-order chi connectivity index (χ0) is 21.4. The molecular formula is C24H26N4O3. The maximum atomic E-state index is 12.5. The smallest absolute Gasteiger partial charge is 0.347 e. The lowest BCUT2D eigenvalue weighted by Gasteiger charge is -2.16. The fourth-order valence-corrected chi connectivity index (χ4v) is 4.38. The number of aromatic amines is 1. The first-order chi connectivity index (χ1) is 15.1. The number of likely N-dealkylation sites (tertiary alicyclic amines) is 1. The Morgan fingerprint density at radius 2 is 1.71 bits per heavy atom. The maximum Gasteiger partial charge on any atom is 0.347 e. The van der Waals surface area contributed by atoms with Crippen LogP contribution in [-0.2, 0) is 17.8 Å². The molecule has 5 rings (SSSR count). The van der Waals surface area contributed by atoms with E-state index in [0.717, 1.165) is 54.7 Å². The van der Waals surface area contributed by atoms with E-state index in [4.69, 9.17) is 0 Å². The molecule has 1 saturated heterocycles. The summed E-state index contributed by atoms with van der Waals surface area (Å²) < 4.78 is 1.63. The van der Waals surface area contributed by atoms with Crippen molar-refractivity contribution in [2.24, 2.45) is 11.8 Å². The Hall–Kier alpha value is -3.19. The van der Waals surface area contributed by atoms with Gasteiger partial charge in [-0.15, -0.1) is 0 Å². The molecular weight excluding hydrogens is 392 g/mol. The highest BCUT2D eigenvalue weighted by Crippen LogP contribution is 2.33. The number of hydrogen-bond acceptors (Lipinski definition) is 4. The number of H-pyrrole nitrogens is 1. The minimum absolute atomic E-state index is 0.0267. The van der Waals surface area contributed by atoms with Gasteiger partial charge in [0.05, 0.1) is 12.3 Å². The van der Waals surface area contributed by atoms with Crippen molar-refractivity contribution in [1.29, 1.82) is 0 Å². The minimum Gasteiger partial charge on any atom is -0.392 e. The second-order valence-corrected chi connectivity index (χ2v) is 8.60. The number of aliphatic hydroxyl groups excluding tert-OH is 1. The van der Waals surface area contributed by atoms with Crippen LogP contribution in [0.5, 0.6) is 0 Å². The molecule has 2 fully saturated rings. The molecule has 1 aliphatic heterocycles. The van der Waals surface area contributed by atoms with Crippen LogP contribution in [0.4, 0.5) is 0 Å². The van der Waals surface area contributed by atoms with Gasteiger partial charge in [-0.25, -0.2) is 14.5 Å². The lowest BCUT2D eigenvalue weighted by Crippen LogP contribution is -2.30. The fraction of sp³-hybridized carbons (Fsp3) is 0.375. The van der Waals surface area contributed by atoms with E-state index in [2.05, 4.69) is 10.2 Å². The molecule has 7 heteroatoms. The maximum absolute atomic E-state index is 12.5. The third-order valence-corrected chi connectivity index (χ3v) is 6.33. The molecule has 1 aliphatic carbocycles. The van der Waals surface area contributed by atoms with Gasteiger partial charge in [0.15, 0.2) is 0 Å². The van der Waals surface area contributed by atoms with Crippen LogP contribution in [0.2, 0.25) is 0 Å². The summed E-state index contributed by atoms with van der Waals surface area (Å²) in [6.07, 6.45) is 3.67. The monoisotopic (exact) mass is 418 g/mol. The normalized spacial score (nSPS) is 18.5. The van der Waals surface area contributed by atoms with E-state index in [1.54, 1.807) is 4.57 Å². The topological polar surface area (TPSA) is 91.2 Å². The summed E-state index contributed by atoms with van der Waals surface area (Å²) in [4.78, 5) is 26.8. The average Bonchev–Trinajstić information content (AvgIpc) is 3.45. The van der Waals surface area contributed by atoms with Crippen LogP contribution in [0.3, 0.4) is 0 Å². The standard InChI is InChI=1S/C24H26N4O3/c29-15-16-1-3-18(4-2-16)19-7-9-21(10-8-19)28-22(25-26-24(28)31)13-17-11-12-27(14-17)23(30)20-5-6-20/h1-4,7-10,17,20,29H,5-6,11-15H2,(H,26,31). The number of nitrogens with zero attached hydrogens (tertiary/aromatic N) is 3. The predicted octanol–water partition coefficient (Wildman–Crippen LogP) is 2.52. The van der Waals surface area contributed by atoms with Crippen LogP contribution in [0.25, 0.3) is 16.8 Å². The molecule has 0 spiro atoms. The molecule has 1 atom stereocenters. The Morgan fingerprint density at radius 3 is 2.35 bits per heavy atom. The average molecular weight is 418 g/mol. The highest BCUT2D eigenvalue weighted by molar-refractivity contribution is 5.81. The van der Waals surface area contributed by atoms with E-state index in [0.29, 0.717) is 24.1 Å². The molecule has 2 aromatic carbocycles. The van der Waals surface area contributed by atoms with Gasteiger partial charge in [-0.3, -0.25) is 4.79 Å². The third kappa shape index (κ3) is 4.05. The number of aliphatic hydroxyl groups is 1. The molecule has 0 bridgehead atoms. The first-order valence-corrected chi connectivity index (χ1v) is 10.9. The van der Waals surface area contributed by atoms with Crippen molar-refractivity contribution < 1.29 is 9.90 Å². The number of hydrogen-bond donors (Lipinski definition) is 2. The van der Waals surface area contributed by atoms with Crippen molar-refractivity contribution in [2.75, 3.05) is 13.1 Å². The SMILES string of the molecule is O=C(C1CC1)N1CCC(Cc2n[nH]c(=O)n2-c2ccc(-c3ccc(CO)cc3)cc2)C1. The lowest BCUT2D eigenvalue weighted by molar-refractivity contribution is -0.131. The molecule has 2 aliphatic rings. The van der Waals surface area contributed by atoms with Gasteiger partial charge in [0.1, 0.15) is 5.82 Å². The van der Waals surface area contributed by atoms with E-state index in [1.807, 2.05) is 53.4 Å². The molecule has 2 heterocycles. The highest BCUT2D eigenvalue weighted by Gasteiger charge is 2.36. The molecule has 3 aromatic rings. The van der Waals surface area contributed by atoms with Crippen molar-refractivity contribution in [3.8, 4) is 16.8 Å². The van der Waals surface area contributed by atoms with Crippen molar-refractivity contribution in [1.82, 2.24) is 19.7 Å². The number of nitrogens with one attached hydrogen (secondary N) is 1. The lowest BCUT2D eigenvalue weighted by atomic mass is 10.0. The van der Waals surface area contributed by atoms with Gasteiger partial charge >= 0.3 is 5.69 Å². The molecule has 7 nitrogen and oxygen atoms in total. The quantitative estimate of drug-likeness (QED) is 0.644. The van der Waals surface area contributed by atoms with E-state index >= 15 is 0 Å². The number of carbonyl (C=O) groups excluding carboxylic acids is 1. The van der Waals surface area contributed by atoms with E-state index in [9.17, 15) is 14.7 Å². The van der Waals surface area contributed by atoms with Gasteiger partial charge in [-0.1, -0.05) is 36.4 Å². The van der Waals surface area contributed by atoms with Crippen molar-refractivity contribution in [3.63, 3.8) is 0 Å². The van der Waals surface area contributed by atoms with Crippen molar-refractivity contribution in [2.45, 2.75) is 32.3 Å². The van der Waals surface area contributed by atoms with E-state index in [-0.39, 0.29) is 18.2 Å². The van der Waals surface area contributed by atoms with Gasteiger partial charge in [-0.05, 0) is 54.0 Å². The van der Waals surface area contributed by atoms with Crippen LogP contribution in [-0.4, -0.2) is 43.8 Å². The van der Waals surface area contributed by atoms with Gasteiger partial charge < -0.3 is 10.0 Å². The van der Waals surface area contributed by atoms with Gasteiger partial charge in [0.25, 0.3) is 0 Å². The van der Waals surface area contributed by atoms with Crippen LogP contribution in [0, 0.1) is 11.8 Å². The second kappa shape index (κ2) is 8.15. The number of rotatable bonds is 6. The summed E-state index contributed by atoms with van der Waals surface area (Å²) in [6, 6.07) is 15.6. The number of amides is 1. The van der Waals surface area contributed by atoms with Crippen LogP contribution >= 0.6 is 0 Å². The molecule has 0 radical (unpaired) electrons. The van der Waals surface area contributed by atoms with Crippen LogP contribution < -0.4 is 5.69 Å². The summed E-state index contributed by atoms with van der Waals surface area (Å²) in [5.74, 6) is 1.57. The fourth-order valence-electron chi connectivity index (χ4n) is 4.38. The summed E-state index contributed by atoms with van der Waals surface area (Å²) in [7, 11) is 0. The van der Waals surface area contributed by atoms with Crippen molar-refractivity contribution >= 4 is 5.91 Å². The van der Waals surface area contributed by atoms with E-state index in [1.165, 1.54) is 0 Å². The number of carbonyl (C=O) groups is 1. The highest BCUT2D eigenvalue weighted by atomic mass is 16.3.